The Morgan fingerprint density at radius 3 is 2.38 bits per heavy atom. The summed E-state index contributed by atoms with van der Waals surface area (Å²) in [5, 5.41) is 10.5. The van der Waals surface area contributed by atoms with Gasteiger partial charge in [-0.1, -0.05) is 12.1 Å². The molecule has 0 fully saturated rings. The molecule has 24 heavy (non-hydrogen) atoms. The van der Waals surface area contributed by atoms with Crippen LogP contribution in [0.3, 0.4) is 0 Å². The highest BCUT2D eigenvalue weighted by Crippen LogP contribution is 2.13. The number of rotatable bonds is 12. The van der Waals surface area contributed by atoms with Gasteiger partial charge in [0.05, 0.1) is 32.5 Å². The first kappa shape index (κ1) is 20.6. The molecular weight excluding hydrogens is 310 g/mol. The van der Waals surface area contributed by atoms with Crippen molar-refractivity contribution in [2.45, 2.75) is 46.4 Å². The van der Waals surface area contributed by atoms with Gasteiger partial charge in [0.1, 0.15) is 12.4 Å². The second-order valence-corrected chi connectivity index (χ2v) is 6.13. The summed E-state index contributed by atoms with van der Waals surface area (Å²) in [6.07, 6.45) is 0.214. The highest BCUT2D eigenvalue weighted by Gasteiger charge is 2.11. The van der Waals surface area contributed by atoms with Crippen LogP contribution in [0.1, 0.15) is 33.3 Å². The van der Waals surface area contributed by atoms with Crippen molar-refractivity contribution in [3.63, 3.8) is 0 Å². The van der Waals surface area contributed by atoms with E-state index < -0.39 is 0 Å². The van der Waals surface area contributed by atoms with Gasteiger partial charge in [0, 0.05) is 6.04 Å². The van der Waals surface area contributed by atoms with Gasteiger partial charge in [0.25, 0.3) is 0 Å². The number of nitrogens with zero attached hydrogens (tertiary/aromatic N) is 1. The number of benzene rings is 1. The molecule has 1 aromatic carbocycles. The molecule has 0 aliphatic rings. The Hall–Kier alpha value is -1.47. The maximum Gasteiger partial charge on any atom is 0.186 e. The van der Waals surface area contributed by atoms with Gasteiger partial charge in [-0.15, -0.1) is 0 Å². The lowest BCUT2D eigenvalue weighted by Gasteiger charge is -2.17. The molecule has 6 nitrogen and oxygen atoms in total. The topological polar surface area (TPSA) is 68.2 Å². The van der Waals surface area contributed by atoms with E-state index >= 15 is 0 Å². The average molecular weight is 339 g/mol. The third-order valence-corrected chi connectivity index (χ3v) is 3.21. The second kappa shape index (κ2) is 11.1. The van der Waals surface area contributed by atoms with E-state index in [9.17, 15) is 10.0 Å². The Labute approximate surface area is 144 Å². The average Bonchev–Trinajstić information content (AvgIpc) is 2.53. The molecule has 0 aromatic heterocycles. The van der Waals surface area contributed by atoms with E-state index in [4.69, 9.17) is 14.2 Å². The minimum Gasteiger partial charge on any atom is -0.486 e. The van der Waals surface area contributed by atoms with Crippen molar-refractivity contribution < 1.29 is 24.2 Å². The smallest absolute Gasteiger partial charge is 0.186 e. The molecule has 1 rings (SSSR count). The number of ether oxygens (including phenoxy) is 3. The van der Waals surface area contributed by atoms with Crippen LogP contribution in [0.5, 0.6) is 5.75 Å². The van der Waals surface area contributed by atoms with Crippen molar-refractivity contribution in [2.75, 3.05) is 26.4 Å². The van der Waals surface area contributed by atoms with Gasteiger partial charge in [-0.2, -0.15) is 5.06 Å². The molecule has 0 bridgehead atoms. The number of carbonyl (C=O) groups excluding carboxylic acids is 1. The number of ketones is 1. The summed E-state index contributed by atoms with van der Waals surface area (Å²) in [5.41, 5.74) is 1.03. The van der Waals surface area contributed by atoms with Crippen molar-refractivity contribution in [2.24, 2.45) is 0 Å². The van der Waals surface area contributed by atoms with E-state index in [1.807, 2.05) is 39.8 Å². The van der Waals surface area contributed by atoms with Crippen molar-refractivity contribution in [1.82, 2.24) is 5.06 Å². The summed E-state index contributed by atoms with van der Waals surface area (Å²) in [6.45, 7) is 9.14. The molecule has 0 aliphatic carbocycles. The minimum absolute atomic E-state index is 0.0396. The molecule has 136 valence electrons. The van der Waals surface area contributed by atoms with Crippen LogP contribution >= 0.6 is 0 Å². The maximum absolute atomic E-state index is 11.7. The van der Waals surface area contributed by atoms with Crippen LogP contribution in [-0.4, -0.2) is 54.6 Å². The monoisotopic (exact) mass is 339 g/mol. The zero-order valence-corrected chi connectivity index (χ0v) is 15.0. The third-order valence-electron chi connectivity index (χ3n) is 3.21. The van der Waals surface area contributed by atoms with Crippen LogP contribution in [0.2, 0.25) is 0 Å². The molecule has 1 aromatic rings. The first-order chi connectivity index (χ1) is 11.4. The lowest BCUT2D eigenvalue weighted by molar-refractivity contribution is -0.145. The van der Waals surface area contributed by atoms with Crippen molar-refractivity contribution in [3.8, 4) is 5.75 Å². The van der Waals surface area contributed by atoms with E-state index in [1.54, 1.807) is 12.1 Å². The second-order valence-electron chi connectivity index (χ2n) is 6.13. The summed E-state index contributed by atoms with van der Waals surface area (Å²) in [4.78, 5) is 11.7. The van der Waals surface area contributed by atoms with Gasteiger partial charge in [0.15, 0.2) is 5.78 Å². The van der Waals surface area contributed by atoms with Gasteiger partial charge in [-0.25, -0.2) is 0 Å². The lowest BCUT2D eigenvalue weighted by Crippen LogP contribution is -2.34. The van der Waals surface area contributed by atoms with Crippen LogP contribution in [0.15, 0.2) is 24.3 Å². The summed E-state index contributed by atoms with van der Waals surface area (Å²) in [7, 11) is 0. The Balaban J connectivity index is 2.25. The fraction of sp³-hybridized carbons (Fsp3) is 0.611. The molecule has 0 heterocycles. The van der Waals surface area contributed by atoms with Crippen LogP contribution in [0.25, 0.3) is 0 Å². The van der Waals surface area contributed by atoms with Crippen LogP contribution in [0, 0.1) is 0 Å². The summed E-state index contributed by atoms with van der Waals surface area (Å²) in [6, 6.07) is 7.30. The molecule has 0 atom stereocenters. The van der Waals surface area contributed by atoms with Crippen molar-refractivity contribution in [1.29, 1.82) is 0 Å². The standard InChI is InChI=1S/C18H29NO5/c1-14(2)19(21)11-17(20)13-24-18-7-5-16(6-8-18)12-22-9-10-23-15(3)4/h5-8,14-15,21H,9-13H2,1-4H3. The van der Waals surface area contributed by atoms with Gasteiger partial charge >= 0.3 is 0 Å². The van der Waals surface area contributed by atoms with Crippen LogP contribution in [-0.2, 0) is 20.9 Å². The minimum atomic E-state index is -0.177. The fourth-order valence-corrected chi connectivity index (χ4v) is 1.79. The van der Waals surface area contributed by atoms with E-state index in [1.165, 1.54) is 0 Å². The first-order valence-corrected chi connectivity index (χ1v) is 8.26. The molecule has 0 saturated heterocycles. The molecular formula is C18H29NO5. The molecule has 0 spiro atoms. The summed E-state index contributed by atoms with van der Waals surface area (Å²) >= 11 is 0. The maximum atomic E-state index is 11.7. The fourth-order valence-electron chi connectivity index (χ4n) is 1.79. The van der Waals surface area contributed by atoms with Crippen molar-refractivity contribution >= 4 is 5.78 Å². The summed E-state index contributed by atoms with van der Waals surface area (Å²) < 4.78 is 16.3. The summed E-state index contributed by atoms with van der Waals surface area (Å²) in [5.74, 6) is 0.438. The molecule has 0 unspecified atom stereocenters. The molecule has 0 amide bonds. The number of hydrogen-bond acceptors (Lipinski definition) is 6. The van der Waals surface area contributed by atoms with Gasteiger partial charge in [0.2, 0.25) is 0 Å². The number of carbonyl (C=O) groups is 1. The van der Waals surface area contributed by atoms with Gasteiger partial charge < -0.3 is 19.4 Å². The number of hydroxylamine groups is 2. The Kier molecular flexibility index (Phi) is 9.56. The van der Waals surface area contributed by atoms with E-state index in [0.29, 0.717) is 25.6 Å². The van der Waals surface area contributed by atoms with Crippen molar-refractivity contribution in [3.05, 3.63) is 29.8 Å². The Bertz CT molecular complexity index is 473. The Morgan fingerprint density at radius 1 is 1.12 bits per heavy atom. The largest absolute Gasteiger partial charge is 0.486 e. The van der Waals surface area contributed by atoms with E-state index in [0.717, 1.165) is 10.6 Å². The number of hydrogen-bond donors (Lipinski definition) is 1. The zero-order valence-electron chi connectivity index (χ0n) is 15.0. The SMILES string of the molecule is CC(C)OCCOCc1ccc(OCC(=O)CN(O)C(C)C)cc1. The molecule has 6 heteroatoms. The van der Waals surface area contributed by atoms with Gasteiger partial charge in [-0.3, -0.25) is 4.79 Å². The molecule has 1 N–H and O–H groups in total. The molecule has 0 saturated carbocycles. The highest BCUT2D eigenvalue weighted by molar-refractivity contribution is 5.81. The predicted octanol–water partition coefficient (Wildman–Crippen LogP) is 2.68. The van der Waals surface area contributed by atoms with E-state index in [2.05, 4.69) is 0 Å². The Morgan fingerprint density at radius 2 is 1.79 bits per heavy atom. The molecule has 0 radical (unpaired) electrons. The third kappa shape index (κ3) is 8.98. The first-order valence-electron chi connectivity index (χ1n) is 8.26. The normalized spacial score (nSPS) is 11.5. The van der Waals surface area contributed by atoms with Crippen LogP contribution in [0.4, 0.5) is 0 Å². The van der Waals surface area contributed by atoms with Gasteiger partial charge in [-0.05, 0) is 45.4 Å². The number of Topliss-reactive ketones (excluding diaryl/α,β-unsaturated/α-hetero) is 1. The zero-order chi connectivity index (χ0) is 17.9. The van der Waals surface area contributed by atoms with E-state index in [-0.39, 0.29) is 31.1 Å². The lowest BCUT2D eigenvalue weighted by atomic mass is 10.2. The quantitative estimate of drug-likeness (QED) is 0.466. The highest BCUT2D eigenvalue weighted by atomic mass is 16.5. The predicted molar refractivity (Wildman–Crippen MR) is 91.3 cm³/mol. The molecule has 0 aliphatic heterocycles. The van der Waals surface area contributed by atoms with Crippen LogP contribution < -0.4 is 4.74 Å².